The van der Waals surface area contributed by atoms with Gasteiger partial charge in [0.1, 0.15) is 18.2 Å². The lowest BCUT2D eigenvalue weighted by atomic mass is 9.88. The van der Waals surface area contributed by atoms with Gasteiger partial charge in [-0.1, -0.05) is 66.9 Å². The molecule has 0 aliphatic carbocycles. The number of benzene rings is 3. The molecular formula is C32H32Cl2N2O4S. The highest BCUT2D eigenvalue weighted by Crippen LogP contribution is 2.45. The number of rotatable bonds is 10. The molecule has 0 N–H and O–H groups in total. The summed E-state index contributed by atoms with van der Waals surface area (Å²) in [6, 6.07) is 20.9. The topological polar surface area (TPSA) is 79.6 Å². The van der Waals surface area contributed by atoms with Crippen LogP contribution in [0.2, 0.25) is 10.0 Å². The van der Waals surface area contributed by atoms with Gasteiger partial charge in [0.05, 0.1) is 24.3 Å². The summed E-state index contributed by atoms with van der Waals surface area (Å²) in [5, 5.41) is 11.0. The number of amides is 1. The van der Waals surface area contributed by atoms with Crippen molar-refractivity contribution in [3.63, 3.8) is 0 Å². The minimum atomic E-state index is -0.944. The van der Waals surface area contributed by atoms with Gasteiger partial charge in [0.2, 0.25) is 0 Å². The average Bonchev–Trinajstić information content (AvgIpc) is 2.98. The number of thioether (sulfide) groups is 1. The minimum Gasteiger partial charge on any atom is -0.464 e. The van der Waals surface area contributed by atoms with Gasteiger partial charge in [0.25, 0.3) is 5.91 Å². The maximum atomic E-state index is 14.4. The normalized spacial score (nSPS) is 19.5. The molecule has 0 aromatic heterocycles. The van der Waals surface area contributed by atoms with Gasteiger partial charge in [-0.3, -0.25) is 4.79 Å². The molecule has 1 heterocycles. The number of ether oxygens (including phenoxy) is 2. The van der Waals surface area contributed by atoms with Gasteiger partial charge in [-0.2, -0.15) is 5.26 Å². The fraction of sp³-hybridized carbons (Fsp3) is 0.344. The zero-order valence-electron chi connectivity index (χ0n) is 23.2. The number of halogens is 2. The zero-order chi connectivity index (χ0) is 29.5. The third kappa shape index (κ3) is 7.07. The number of hydrogen-bond acceptors (Lipinski definition) is 6. The summed E-state index contributed by atoms with van der Waals surface area (Å²) in [6.45, 7) is 3.91. The molecule has 1 aliphatic rings. The highest BCUT2D eigenvalue weighted by atomic mass is 35.5. The largest absolute Gasteiger partial charge is 0.464 e. The number of carbonyl (C=O) groups excluding carboxylic acids is 2. The summed E-state index contributed by atoms with van der Waals surface area (Å²) in [5.41, 5.74) is 2.76. The second kappa shape index (κ2) is 14.2. The van der Waals surface area contributed by atoms with Crippen molar-refractivity contribution >= 4 is 46.8 Å². The lowest BCUT2D eigenvalue weighted by Gasteiger charge is -2.47. The molecule has 0 saturated carbocycles. The molecule has 1 saturated heterocycles. The molecule has 1 fully saturated rings. The van der Waals surface area contributed by atoms with Crippen LogP contribution in [-0.2, 0) is 25.5 Å². The third-order valence-electron chi connectivity index (χ3n) is 7.14. The molecular weight excluding hydrogens is 579 g/mol. The van der Waals surface area contributed by atoms with E-state index in [1.807, 2.05) is 55.6 Å². The van der Waals surface area contributed by atoms with Crippen LogP contribution in [0.15, 0.2) is 71.6 Å². The van der Waals surface area contributed by atoms with E-state index >= 15 is 0 Å². The summed E-state index contributed by atoms with van der Waals surface area (Å²) in [7, 11) is 0. The number of nitriles is 1. The lowest BCUT2D eigenvalue weighted by Crippen LogP contribution is -2.57. The van der Waals surface area contributed by atoms with Crippen molar-refractivity contribution in [1.82, 2.24) is 4.90 Å². The maximum Gasteiger partial charge on any atom is 0.328 e. The molecule has 1 aliphatic heterocycles. The smallest absolute Gasteiger partial charge is 0.328 e. The molecule has 4 atom stereocenters. The van der Waals surface area contributed by atoms with Gasteiger partial charge in [0.15, 0.2) is 0 Å². The number of nitrogens with zero attached hydrogens (tertiary/aromatic N) is 2. The number of morpholine rings is 1. The Bertz CT molecular complexity index is 1410. The first kappa shape index (κ1) is 30.9. The van der Waals surface area contributed by atoms with Crippen molar-refractivity contribution in [3.05, 3.63) is 99.0 Å². The Labute approximate surface area is 255 Å². The first-order valence-corrected chi connectivity index (χ1v) is 15.5. The number of esters is 1. The van der Waals surface area contributed by atoms with Crippen LogP contribution in [0.25, 0.3) is 0 Å². The van der Waals surface area contributed by atoms with E-state index in [1.54, 1.807) is 36.1 Å². The van der Waals surface area contributed by atoms with E-state index in [9.17, 15) is 14.9 Å². The molecule has 41 heavy (non-hydrogen) atoms. The van der Waals surface area contributed by atoms with Crippen molar-refractivity contribution in [2.24, 2.45) is 0 Å². The predicted molar refractivity (Wildman–Crippen MR) is 162 cm³/mol. The first-order valence-electron chi connectivity index (χ1n) is 13.5. The van der Waals surface area contributed by atoms with Gasteiger partial charge in [-0.15, -0.1) is 11.8 Å². The van der Waals surface area contributed by atoms with Crippen molar-refractivity contribution < 1.29 is 19.1 Å². The summed E-state index contributed by atoms with van der Waals surface area (Å²) >= 11 is 14.0. The van der Waals surface area contributed by atoms with Gasteiger partial charge >= 0.3 is 5.97 Å². The van der Waals surface area contributed by atoms with Crippen LogP contribution in [0.5, 0.6) is 0 Å². The van der Waals surface area contributed by atoms with Crippen LogP contribution < -0.4 is 0 Å². The van der Waals surface area contributed by atoms with E-state index in [0.29, 0.717) is 34.0 Å². The quantitative estimate of drug-likeness (QED) is 0.174. The van der Waals surface area contributed by atoms with Crippen molar-refractivity contribution in [3.8, 4) is 6.07 Å². The third-order valence-corrected chi connectivity index (χ3v) is 8.37. The van der Waals surface area contributed by atoms with Crippen molar-refractivity contribution in [1.29, 1.82) is 5.26 Å². The van der Waals surface area contributed by atoms with Crippen LogP contribution in [-0.4, -0.2) is 41.8 Å². The second-order valence-electron chi connectivity index (χ2n) is 9.73. The predicted octanol–water partition coefficient (Wildman–Crippen LogP) is 7.57. The highest BCUT2D eigenvalue weighted by molar-refractivity contribution is 7.98. The molecule has 9 heteroatoms. The van der Waals surface area contributed by atoms with Gasteiger partial charge in [-0.05, 0) is 72.7 Å². The van der Waals surface area contributed by atoms with Crippen LogP contribution in [0.1, 0.15) is 61.1 Å². The van der Waals surface area contributed by atoms with Crippen LogP contribution in [0.4, 0.5) is 0 Å². The molecule has 214 valence electrons. The Kier molecular flexibility index (Phi) is 10.7. The minimum absolute atomic E-state index is 0.173. The van der Waals surface area contributed by atoms with Crippen molar-refractivity contribution in [2.75, 3.05) is 12.9 Å². The summed E-state index contributed by atoms with van der Waals surface area (Å²) in [4.78, 5) is 30.4. The number of hydrogen-bond donors (Lipinski definition) is 0. The molecule has 0 spiro atoms. The first-order chi connectivity index (χ1) is 19.8. The Hall–Kier alpha value is -3.02. The molecule has 4 rings (SSSR count). The molecule has 3 aromatic carbocycles. The van der Waals surface area contributed by atoms with Crippen molar-refractivity contribution in [2.45, 2.75) is 62.3 Å². The SMILES string of the molecule is CCCC(C(=O)OCC)N1C(=O)C(Cc2ccc(SC)cc2C#N)OC(c2ccc(Cl)cc2)C1c1ccc(Cl)cc1. The zero-order valence-corrected chi connectivity index (χ0v) is 25.5. The fourth-order valence-electron chi connectivity index (χ4n) is 5.20. The lowest BCUT2D eigenvalue weighted by molar-refractivity contribution is -0.186. The highest BCUT2D eigenvalue weighted by Gasteiger charge is 2.48. The van der Waals surface area contributed by atoms with Crippen LogP contribution in [0, 0.1) is 11.3 Å². The Morgan fingerprint density at radius 3 is 2.24 bits per heavy atom. The fourth-order valence-corrected chi connectivity index (χ4v) is 5.89. The van der Waals surface area contributed by atoms with Gasteiger partial charge < -0.3 is 14.4 Å². The van der Waals surface area contributed by atoms with Crippen LogP contribution >= 0.6 is 35.0 Å². The summed E-state index contributed by atoms with van der Waals surface area (Å²) < 4.78 is 12.1. The van der Waals surface area contributed by atoms with Gasteiger partial charge in [-0.25, -0.2) is 4.79 Å². The molecule has 1 amide bonds. The van der Waals surface area contributed by atoms with Gasteiger partial charge in [0, 0.05) is 21.4 Å². The Morgan fingerprint density at radius 1 is 1.05 bits per heavy atom. The average molecular weight is 612 g/mol. The molecule has 3 aromatic rings. The second-order valence-corrected chi connectivity index (χ2v) is 11.5. The summed E-state index contributed by atoms with van der Waals surface area (Å²) in [5.74, 6) is -0.793. The maximum absolute atomic E-state index is 14.4. The molecule has 0 bridgehead atoms. The van der Waals surface area contributed by atoms with E-state index in [1.165, 1.54) is 11.8 Å². The standard InChI is InChI=1S/C32H32Cl2N2O4S/c1-4-6-27(32(38)39-5-2)36-29(20-7-12-24(33)13-8-20)30(21-9-14-25(34)15-10-21)40-28(31(36)37)18-22-11-16-26(41-3)17-23(22)19-35/h7-17,27-30H,4-6,18H2,1-3H3. The number of carbonyl (C=O) groups is 2. The van der Waals surface area contributed by atoms with E-state index in [-0.39, 0.29) is 18.9 Å². The molecule has 0 radical (unpaired) electrons. The van der Waals surface area contributed by atoms with E-state index in [4.69, 9.17) is 32.7 Å². The molecule has 6 nitrogen and oxygen atoms in total. The molecule has 4 unspecified atom stereocenters. The van der Waals surface area contributed by atoms with E-state index < -0.39 is 30.3 Å². The summed E-state index contributed by atoms with van der Waals surface area (Å²) in [6.07, 6.45) is 1.61. The van der Waals surface area contributed by atoms with Crippen LogP contribution in [0.3, 0.4) is 0 Å². The van der Waals surface area contributed by atoms with E-state index in [2.05, 4.69) is 6.07 Å². The van der Waals surface area contributed by atoms with E-state index in [0.717, 1.165) is 16.0 Å². The monoisotopic (exact) mass is 610 g/mol. The Balaban J connectivity index is 1.88. The Morgan fingerprint density at radius 2 is 1.68 bits per heavy atom.